The van der Waals surface area contributed by atoms with Crippen molar-refractivity contribution in [2.75, 3.05) is 13.1 Å². The SMILES string of the molecule is CCC1CCCCCN1CC1CCC2CCCCC2N1. The number of hydrogen-bond donors (Lipinski definition) is 1. The van der Waals surface area contributed by atoms with Crippen LogP contribution in [0.2, 0.25) is 0 Å². The Bertz CT molecular complexity index is 291. The second kappa shape index (κ2) is 7.26. The van der Waals surface area contributed by atoms with Crippen LogP contribution in [0.3, 0.4) is 0 Å². The molecule has 0 bridgehead atoms. The van der Waals surface area contributed by atoms with Crippen LogP contribution in [-0.4, -0.2) is 36.1 Å². The first kappa shape index (κ1) is 14.8. The molecule has 0 aromatic carbocycles. The zero-order valence-corrected chi connectivity index (χ0v) is 13.4. The lowest BCUT2D eigenvalue weighted by atomic mass is 9.77. The van der Waals surface area contributed by atoms with E-state index in [1.54, 1.807) is 0 Å². The number of nitrogens with one attached hydrogen (secondary N) is 1. The van der Waals surface area contributed by atoms with Gasteiger partial charge in [-0.25, -0.2) is 0 Å². The van der Waals surface area contributed by atoms with Crippen LogP contribution >= 0.6 is 0 Å². The molecule has 20 heavy (non-hydrogen) atoms. The van der Waals surface area contributed by atoms with E-state index in [1.807, 2.05) is 0 Å². The summed E-state index contributed by atoms with van der Waals surface area (Å²) >= 11 is 0. The van der Waals surface area contributed by atoms with Gasteiger partial charge in [0, 0.05) is 24.7 Å². The summed E-state index contributed by atoms with van der Waals surface area (Å²) in [7, 11) is 0. The Morgan fingerprint density at radius 3 is 2.65 bits per heavy atom. The highest BCUT2D eigenvalue weighted by molar-refractivity contribution is 4.91. The van der Waals surface area contributed by atoms with E-state index >= 15 is 0 Å². The number of rotatable bonds is 3. The number of likely N-dealkylation sites (tertiary alicyclic amines) is 1. The highest BCUT2D eigenvalue weighted by Gasteiger charge is 2.33. The summed E-state index contributed by atoms with van der Waals surface area (Å²) in [4.78, 5) is 2.83. The molecule has 0 aromatic heterocycles. The van der Waals surface area contributed by atoms with Crippen molar-refractivity contribution in [2.45, 2.75) is 95.7 Å². The van der Waals surface area contributed by atoms with E-state index in [2.05, 4.69) is 17.1 Å². The molecular formula is C18H34N2. The molecule has 116 valence electrons. The van der Waals surface area contributed by atoms with Crippen molar-refractivity contribution in [3.05, 3.63) is 0 Å². The molecule has 4 unspecified atom stereocenters. The number of fused-ring (bicyclic) bond motifs is 1. The predicted molar refractivity (Wildman–Crippen MR) is 86.0 cm³/mol. The van der Waals surface area contributed by atoms with E-state index in [-0.39, 0.29) is 0 Å². The van der Waals surface area contributed by atoms with E-state index in [0.717, 1.165) is 24.0 Å². The molecule has 2 saturated heterocycles. The molecule has 2 nitrogen and oxygen atoms in total. The third-order valence-electron chi connectivity index (χ3n) is 6.17. The smallest absolute Gasteiger partial charge is 0.0197 e. The maximum absolute atomic E-state index is 4.03. The van der Waals surface area contributed by atoms with Gasteiger partial charge in [-0.05, 0) is 57.4 Å². The van der Waals surface area contributed by atoms with Crippen molar-refractivity contribution in [2.24, 2.45) is 5.92 Å². The van der Waals surface area contributed by atoms with Gasteiger partial charge in [-0.15, -0.1) is 0 Å². The Hall–Kier alpha value is -0.0800. The second-order valence-electron chi connectivity index (χ2n) is 7.50. The summed E-state index contributed by atoms with van der Waals surface area (Å²) in [5, 5.41) is 4.03. The molecule has 2 heteroatoms. The fourth-order valence-electron chi connectivity index (χ4n) is 4.94. The predicted octanol–water partition coefficient (Wildman–Crippen LogP) is 3.95. The summed E-state index contributed by atoms with van der Waals surface area (Å²) in [5.41, 5.74) is 0. The molecule has 3 rings (SSSR count). The summed E-state index contributed by atoms with van der Waals surface area (Å²) in [6.45, 7) is 5.06. The van der Waals surface area contributed by atoms with Gasteiger partial charge in [0.15, 0.2) is 0 Å². The van der Waals surface area contributed by atoms with Crippen molar-refractivity contribution in [3.8, 4) is 0 Å². The van der Waals surface area contributed by atoms with E-state index < -0.39 is 0 Å². The fraction of sp³-hybridized carbons (Fsp3) is 1.00. The number of nitrogens with zero attached hydrogens (tertiary/aromatic N) is 1. The van der Waals surface area contributed by atoms with E-state index in [9.17, 15) is 0 Å². The highest BCUT2D eigenvalue weighted by atomic mass is 15.2. The lowest BCUT2D eigenvalue weighted by Crippen LogP contribution is -2.54. The monoisotopic (exact) mass is 278 g/mol. The van der Waals surface area contributed by atoms with Crippen LogP contribution in [0.1, 0.15) is 77.6 Å². The molecule has 0 aromatic rings. The Morgan fingerprint density at radius 1 is 0.900 bits per heavy atom. The molecule has 3 aliphatic rings. The Balaban J connectivity index is 1.53. The van der Waals surface area contributed by atoms with Gasteiger partial charge in [0.1, 0.15) is 0 Å². The second-order valence-corrected chi connectivity index (χ2v) is 7.50. The molecule has 2 aliphatic heterocycles. The topological polar surface area (TPSA) is 15.3 Å². The van der Waals surface area contributed by atoms with Crippen molar-refractivity contribution in [1.29, 1.82) is 0 Å². The Kier molecular flexibility index (Phi) is 5.39. The van der Waals surface area contributed by atoms with Crippen molar-refractivity contribution in [3.63, 3.8) is 0 Å². The van der Waals surface area contributed by atoms with E-state index in [0.29, 0.717) is 0 Å². The zero-order chi connectivity index (χ0) is 13.8. The minimum Gasteiger partial charge on any atom is -0.310 e. The average Bonchev–Trinajstić information content (AvgIpc) is 2.72. The molecule has 1 N–H and O–H groups in total. The normalized spacial score (nSPS) is 40.0. The standard InChI is InChI=1S/C18H34N2/c1-2-17-9-4-3-7-13-20(17)14-16-12-11-15-8-5-6-10-18(15)19-16/h15-19H,2-14H2,1H3. The third kappa shape index (κ3) is 3.57. The van der Waals surface area contributed by atoms with Crippen molar-refractivity contribution in [1.82, 2.24) is 10.2 Å². The number of hydrogen-bond acceptors (Lipinski definition) is 2. The molecule has 1 saturated carbocycles. The molecule has 3 fully saturated rings. The van der Waals surface area contributed by atoms with Crippen LogP contribution in [0.5, 0.6) is 0 Å². The van der Waals surface area contributed by atoms with Gasteiger partial charge in [0.2, 0.25) is 0 Å². The fourth-order valence-corrected chi connectivity index (χ4v) is 4.94. The van der Waals surface area contributed by atoms with Crippen LogP contribution in [0.25, 0.3) is 0 Å². The Labute approximate surface area is 125 Å². The maximum Gasteiger partial charge on any atom is 0.0197 e. The third-order valence-corrected chi connectivity index (χ3v) is 6.17. The summed E-state index contributed by atoms with van der Waals surface area (Å²) < 4.78 is 0. The van der Waals surface area contributed by atoms with E-state index in [1.165, 1.54) is 83.7 Å². The Morgan fingerprint density at radius 2 is 1.75 bits per heavy atom. The first-order valence-corrected chi connectivity index (χ1v) is 9.37. The first-order valence-electron chi connectivity index (χ1n) is 9.37. The average molecular weight is 278 g/mol. The molecular weight excluding hydrogens is 244 g/mol. The highest BCUT2D eigenvalue weighted by Crippen LogP contribution is 2.32. The molecule has 1 aliphatic carbocycles. The largest absolute Gasteiger partial charge is 0.310 e. The van der Waals surface area contributed by atoms with Crippen molar-refractivity contribution >= 4 is 0 Å². The zero-order valence-electron chi connectivity index (χ0n) is 13.4. The lowest BCUT2D eigenvalue weighted by molar-refractivity contribution is 0.121. The van der Waals surface area contributed by atoms with Gasteiger partial charge in [0.25, 0.3) is 0 Å². The van der Waals surface area contributed by atoms with E-state index in [4.69, 9.17) is 0 Å². The minimum absolute atomic E-state index is 0.779. The van der Waals surface area contributed by atoms with Crippen LogP contribution in [0.4, 0.5) is 0 Å². The van der Waals surface area contributed by atoms with Gasteiger partial charge in [-0.1, -0.05) is 32.6 Å². The lowest BCUT2D eigenvalue weighted by Gasteiger charge is -2.43. The van der Waals surface area contributed by atoms with Gasteiger partial charge >= 0.3 is 0 Å². The van der Waals surface area contributed by atoms with Crippen LogP contribution in [0.15, 0.2) is 0 Å². The van der Waals surface area contributed by atoms with Gasteiger partial charge < -0.3 is 5.32 Å². The molecule has 4 atom stereocenters. The summed E-state index contributed by atoms with van der Waals surface area (Å²) in [6.07, 6.45) is 15.9. The molecule has 0 amide bonds. The summed E-state index contributed by atoms with van der Waals surface area (Å²) in [6, 6.07) is 2.50. The van der Waals surface area contributed by atoms with Gasteiger partial charge in [0.05, 0.1) is 0 Å². The van der Waals surface area contributed by atoms with Gasteiger partial charge in [-0.3, -0.25) is 4.90 Å². The minimum atomic E-state index is 0.779. The summed E-state index contributed by atoms with van der Waals surface area (Å²) in [5.74, 6) is 1.01. The van der Waals surface area contributed by atoms with Crippen molar-refractivity contribution < 1.29 is 0 Å². The maximum atomic E-state index is 4.03. The van der Waals surface area contributed by atoms with Gasteiger partial charge in [-0.2, -0.15) is 0 Å². The van der Waals surface area contributed by atoms with Crippen LogP contribution < -0.4 is 5.32 Å². The number of piperidine rings is 1. The molecule has 2 heterocycles. The van der Waals surface area contributed by atoms with Crippen LogP contribution in [0, 0.1) is 5.92 Å². The molecule has 0 radical (unpaired) electrons. The quantitative estimate of drug-likeness (QED) is 0.841. The molecule has 0 spiro atoms. The first-order chi connectivity index (χ1) is 9.86. The van der Waals surface area contributed by atoms with Crippen LogP contribution in [-0.2, 0) is 0 Å².